The molecule has 0 N–H and O–H groups in total. The lowest BCUT2D eigenvalue weighted by Gasteiger charge is -2.12. The van der Waals surface area contributed by atoms with Gasteiger partial charge in [0.15, 0.2) is 11.6 Å². The molecule has 0 bridgehead atoms. The monoisotopic (exact) mass is 373 g/mol. The van der Waals surface area contributed by atoms with Crippen molar-refractivity contribution in [1.29, 1.82) is 0 Å². The van der Waals surface area contributed by atoms with E-state index in [1.165, 1.54) is 13.2 Å². The Labute approximate surface area is 157 Å². The molecular weight excluding hydrogens is 349 g/mol. The van der Waals surface area contributed by atoms with Crippen molar-refractivity contribution in [1.82, 2.24) is 25.0 Å². The highest BCUT2D eigenvalue weighted by molar-refractivity contribution is 5.77. The summed E-state index contributed by atoms with van der Waals surface area (Å²) in [6.07, 6.45) is 1.60. The number of nitrogens with zero attached hydrogens (tertiary/aromatic N) is 5. The molecule has 0 radical (unpaired) electrons. The number of ether oxygens (including phenoxy) is 2. The smallest absolute Gasteiger partial charge is 0.204 e. The molecule has 144 valence electrons. The minimum absolute atomic E-state index is 0.121. The van der Waals surface area contributed by atoms with E-state index in [0.717, 1.165) is 12.0 Å². The van der Waals surface area contributed by atoms with Crippen molar-refractivity contribution in [3.63, 3.8) is 0 Å². The molecular formula is C19H24FN5O2. The van der Waals surface area contributed by atoms with Crippen LogP contribution in [0.15, 0.2) is 12.1 Å². The normalized spacial score (nSPS) is 12.5. The number of aromatic nitrogens is 5. The SMILES string of the molecule is CCn1nc2nc(CCC(C)OC)nc-2c(-c2cc(F)c(OC)cc2C)n1. The number of hydrogen-bond acceptors (Lipinski definition) is 6. The van der Waals surface area contributed by atoms with Gasteiger partial charge < -0.3 is 9.47 Å². The fourth-order valence-electron chi connectivity index (χ4n) is 2.85. The lowest BCUT2D eigenvalue weighted by molar-refractivity contribution is 0.111. The Morgan fingerprint density at radius 1 is 1.15 bits per heavy atom. The van der Waals surface area contributed by atoms with Crippen molar-refractivity contribution in [3.8, 4) is 28.5 Å². The topological polar surface area (TPSA) is 75.0 Å². The molecule has 2 aliphatic rings. The first-order chi connectivity index (χ1) is 13.0. The third kappa shape index (κ3) is 3.90. The second-order valence-corrected chi connectivity index (χ2v) is 6.44. The van der Waals surface area contributed by atoms with E-state index in [1.54, 1.807) is 18.0 Å². The Morgan fingerprint density at radius 3 is 2.59 bits per heavy atom. The van der Waals surface area contributed by atoms with Crippen LogP contribution < -0.4 is 4.74 Å². The first-order valence-corrected chi connectivity index (χ1v) is 8.95. The summed E-state index contributed by atoms with van der Waals surface area (Å²) in [5, 5.41) is 8.96. The van der Waals surface area contributed by atoms with Gasteiger partial charge in [-0.2, -0.15) is 9.90 Å². The van der Waals surface area contributed by atoms with Crippen molar-refractivity contribution in [2.24, 2.45) is 0 Å². The Hall–Kier alpha value is -2.61. The molecule has 0 saturated heterocycles. The Bertz CT molecular complexity index is 911. The molecule has 2 heterocycles. The summed E-state index contributed by atoms with van der Waals surface area (Å²) < 4.78 is 24.7. The standard InChI is InChI=1S/C19H24FN5O2/c1-6-25-23-17(13-10-14(20)15(27-5)9-11(13)2)18-19(24-25)22-16(21-18)8-7-12(3)26-4/h9-10,12H,6-8H2,1-5H3. The predicted octanol–water partition coefficient (Wildman–Crippen LogP) is 3.28. The summed E-state index contributed by atoms with van der Waals surface area (Å²) in [4.78, 5) is 10.7. The quantitative estimate of drug-likeness (QED) is 0.633. The fraction of sp³-hybridized carbons (Fsp3) is 0.474. The van der Waals surface area contributed by atoms with Gasteiger partial charge in [-0.3, -0.25) is 0 Å². The van der Waals surface area contributed by atoms with E-state index in [1.807, 2.05) is 20.8 Å². The highest BCUT2D eigenvalue weighted by Gasteiger charge is 2.23. The van der Waals surface area contributed by atoms with Crippen molar-refractivity contribution < 1.29 is 13.9 Å². The van der Waals surface area contributed by atoms with Crippen LogP contribution in [0.3, 0.4) is 0 Å². The maximum Gasteiger partial charge on any atom is 0.204 e. The van der Waals surface area contributed by atoms with Crippen LogP contribution in [0.4, 0.5) is 4.39 Å². The Morgan fingerprint density at radius 2 is 1.93 bits per heavy atom. The molecule has 1 unspecified atom stereocenters. The number of imidazole rings is 1. The summed E-state index contributed by atoms with van der Waals surface area (Å²) in [5.41, 5.74) is 2.64. The van der Waals surface area contributed by atoms with E-state index >= 15 is 0 Å². The summed E-state index contributed by atoms with van der Waals surface area (Å²) in [6.45, 7) is 6.40. The summed E-state index contributed by atoms with van der Waals surface area (Å²) in [5.74, 6) is 0.955. The molecule has 0 saturated carbocycles. The van der Waals surface area contributed by atoms with Crippen LogP contribution in [-0.4, -0.2) is 45.3 Å². The third-order valence-corrected chi connectivity index (χ3v) is 4.55. The molecule has 1 aromatic rings. The maximum atomic E-state index is 14.3. The van der Waals surface area contributed by atoms with Crippen LogP contribution in [0, 0.1) is 12.7 Å². The van der Waals surface area contributed by atoms with E-state index in [2.05, 4.69) is 20.2 Å². The van der Waals surface area contributed by atoms with E-state index in [4.69, 9.17) is 9.47 Å². The van der Waals surface area contributed by atoms with Gasteiger partial charge in [-0.05, 0) is 44.9 Å². The molecule has 2 aliphatic heterocycles. The van der Waals surface area contributed by atoms with Gasteiger partial charge in [0.2, 0.25) is 5.82 Å². The summed E-state index contributed by atoms with van der Waals surface area (Å²) >= 11 is 0. The van der Waals surface area contributed by atoms with Gasteiger partial charge >= 0.3 is 0 Å². The average Bonchev–Trinajstić information content (AvgIpc) is 3.09. The van der Waals surface area contributed by atoms with Gasteiger partial charge in [-0.25, -0.2) is 14.4 Å². The van der Waals surface area contributed by atoms with E-state index in [0.29, 0.717) is 41.6 Å². The Kier molecular flexibility index (Phi) is 5.65. The largest absolute Gasteiger partial charge is 0.494 e. The number of rotatable bonds is 7. The van der Waals surface area contributed by atoms with Crippen LogP contribution in [0.2, 0.25) is 0 Å². The highest BCUT2D eigenvalue weighted by Crippen LogP contribution is 2.33. The van der Waals surface area contributed by atoms with Crippen LogP contribution in [-0.2, 0) is 17.7 Å². The lowest BCUT2D eigenvalue weighted by atomic mass is 10.0. The third-order valence-electron chi connectivity index (χ3n) is 4.55. The number of fused-ring (bicyclic) bond motifs is 1. The van der Waals surface area contributed by atoms with Crippen LogP contribution >= 0.6 is 0 Å². The second-order valence-electron chi connectivity index (χ2n) is 6.44. The summed E-state index contributed by atoms with van der Waals surface area (Å²) in [6, 6.07) is 3.09. The summed E-state index contributed by atoms with van der Waals surface area (Å²) in [7, 11) is 3.13. The molecule has 0 aromatic heterocycles. The molecule has 0 fully saturated rings. The van der Waals surface area contributed by atoms with Crippen molar-refractivity contribution in [2.45, 2.75) is 46.3 Å². The van der Waals surface area contributed by atoms with E-state index < -0.39 is 5.82 Å². The minimum atomic E-state index is -0.443. The fourth-order valence-corrected chi connectivity index (χ4v) is 2.85. The first kappa shape index (κ1) is 19.2. The van der Waals surface area contributed by atoms with Crippen LogP contribution in [0.5, 0.6) is 5.75 Å². The molecule has 0 spiro atoms. The zero-order valence-electron chi connectivity index (χ0n) is 16.3. The van der Waals surface area contributed by atoms with Gasteiger partial charge in [0, 0.05) is 19.1 Å². The first-order valence-electron chi connectivity index (χ1n) is 8.95. The number of benzene rings is 1. The van der Waals surface area contributed by atoms with E-state index in [-0.39, 0.29) is 11.9 Å². The average molecular weight is 373 g/mol. The zero-order valence-corrected chi connectivity index (χ0v) is 16.3. The van der Waals surface area contributed by atoms with Crippen LogP contribution in [0.1, 0.15) is 31.7 Å². The van der Waals surface area contributed by atoms with Crippen molar-refractivity contribution >= 4 is 0 Å². The minimum Gasteiger partial charge on any atom is -0.494 e. The van der Waals surface area contributed by atoms with Gasteiger partial charge in [0.1, 0.15) is 17.2 Å². The molecule has 7 nitrogen and oxygen atoms in total. The molecule has 1 atom stereocenters. The molecule has 3 rings (SSSR count). The van der Waals surface area contributed by atoms with Gasteiger partial charge in [0.25, 0.3) is 0 Å². The van der Waals surface area contributed by atoms with Gasteiger partial charge in [-0.1, -0.05) is 0 Å². The number of hydrogen-bond donors (Lipinski definition) is 0. The predicted molar refractivity (Wildman–Crippen MR) is 99.4 cm³/mol. The highest BCUT2D eigenvalue weighted by atomic mass is 19.1. The number of aryl methyl sites for hydroxylation is 3. The molecule has 27 heavy (non-hydrogen) atoms. The Balaban J connectivity index is 2.09. The molecule has 0 amide bonds. The number of halogens is 1. The zero-order chi connectivity index (χ0) is 19.6. The van der Waals surface area contributed by atoms with E-state index in [9.17, 15) is 4.39 Å². The molecule has 0 aliphatic carbocycles. The lowest BCUT2D eigenvalue weighted by Crippen LogP contribution is -2.11. The second kappa shape index (κ2) is 7.96. The van der Waals surface area contributed by atoms with Crippen molar-refractivity contribution in [2.75, 3.05) is 14.2 Å². The van der Waals surface area contributed by atoms with Gasteiger partial charge in [0.05, 0.1) is 19.8 Å². The van der Waals surface area contributed by atoms with Crippen molar-refractivity contribution in [3.05, 3.63) is 29.3 Å². The van der Waals surface area contributed by atoms with Crippen LogP contribution in [0.25, 0.3) is 22.8 Å². The van der Waals surface area contributed by atoms with Gasteiger partial charge in [-0.15, -0.1) is 5.10 Å². The molecule has 1 aromatic carbocycles. The number of methoxy groups -OCH3 is 2. The maximum absolute atomic E-state index is 14.3. The molecule has 8 heteroatoms.